The molecule has 1 fully saturated rings. The van der Waals surface area contributed by atoms with E-state index in [1.165, 1.54) is 0 Å². The molecule has 2 aromatic rings. The van der Waals surface area contributed by atoms with Gasteiger partial charge in [0.1, 0.15) is 11.6 Å². The first-order valence-corrected chi connectivity index (χ1v) is 13.8. The van der Waals surface area contributed by atoms with Gasteiger partial charge in [0, 0.05) is 13.1 Å². The minimum Gasteiger partial charge on any atom is -0.479 e. The first-order valence-electron chi connectivity index (χ1n) is 13.8. The number of likely N-dealkylation sites (tertiary alicyclic amines) is 1. The SMILES string of the molecule is CC[C@H](C)[C@H](NC(=O)C1(c2ccccc2)CCN(C(=O)OC(C)(C)C)CC1)C(=O)N[C@@H](C(=O)O)c1ccccc1. The van der Waals surface area contributed by atoms with Crippen LogP contribution in [0.15, 0.2) is 60.7 Å². The fraction of sp³-hybridized carbons (Fsp3) is 0.484. The van der Waals surface area contributed by atoms with Crippen molar-refractivity contribution < 1.29 is 29.0 Å². The highest BCUT2D eigenvalue weighted by atomic mass is 16.6. The van der Waals surface area contributed by atoms with E-state index < -0.39 is 41.1 Å². The van der Waals surface area contributed by atoms with E-state index in [9.17, 15) is 24.3 Å². The molecule has 3 amide bonds. The Kier molecular flexibility index (Phi) is 9.95. The van der Waals surface area contributed by atoms with Gasteiger partial charge in [0.15, 0.2) is 6.04 Å². The van der Waals surface area contributed by atoms with Gasteiger partial charge in [-0.1, -0.05) is 80.9 Å². The quantitative estimate of drug-likeness (QED) is 0.424. The Morgan fingerprint density at radius 2 is 1.50 bits per heavy atom. The first kappa shape index (κ1) is 30.7. The molecule has 2 aromatic carbocycles. The van der Waals surface area contributed by atoms with Crippen LogP contribution in [0.4, 0.5) is 4.79 Å². The number of ether oxygens (including phenoxy) is 1. The van der Waals surface area contributed by atoms with Crippen LogP contribution < -0.4 is 10.6 Å². The van der Waals surface area contributed by atoms with Gasteiger partial charge in [0.2, 0.25) is 11.8 Å². The second kappa shape index (κ2) is 13.0. The van der Waals surface area contributed by atoms with Crippen molar-refractivity contribution in [3.8, 4) is 0 Å². The zero-order valence-electron chi connectivity index (χ0n) is 24.0. The van der Waals surface area contributed by atoms with E-state index in [0.29, 0.717) is 37.9 Å². The normalized spacial score (nSPS) is 17.2. The smallest absolute Gasteiger partial charge is 0.410 e. The van der Waals surface area contributed by atoms with Gasteiger partial charge >= 0.3 is 12.1 Å². The Morgan fingerprint density at radius 1 is 0.950 bits per heavy atom. The molecule has 0 bridgehead atoms. The number of carboxylic acids is 1. The fourth-order valence-corrected chi connectivity index (χ4v) is 4.95. The summed E-state index contributed by atoms with van der Waals surface area (Å²) in [6.45, 7) is 9.81. The van der Waals surface area contributed by atoms with E-state index >= 15 is 0 Å². The van der Waals surface area contributed by atoms with Gasteiger partial charge in [-0.15, -0.1) is 0 Å². The third-order valence-corrected chi connectivity index (χ3v) is 7.48. The maximum Gasteiger partial charge on any atom is 0.410 e. The molecule has 40 heavy (non-hydrogen) atoms. The van der Waals surface area contributed by atoms with E-state index in [4.69, 9.17) is 4.74 Å². The minimum atomic E-state index is -1.25. The molecule has 3 atom stereocenters. The third kappa shape index (κ3) is 7.40. The highest BCUT2D eigenvalue weighted by molar-refractivity contribution is 5.95. The second-order valence-electron chi connectivity index (χ2n) is 11.4. The van der Waals surface area contributed by atoms with Crippen LogP contribution in [0, 0.1) is 5.92 Å². The summed E-state index contributed by atoms with van der Waals surface area (Å²) in [7, 11) is 0. The molecule has 1 saturated heterocycles. The average molecular weight is 552 g/mol. The van der Waals surface area contributed by atoms with Crippen LogP contribution in [0.3, 0.4) is 0 Å². The van der Waals surface area contributed by atoms with Crippen molar-refractivity contribution in [3.63, 3.8) is 0 Å². The van der Waals surface area contributed by atoms with Crippen molar-refractivity contribution in [2.45, 2.75) is 77.0 Å². The number of hydrogen-bond acceptors (Lipinski definition) is 5. The predicted molar refractivity (Wildman–Crippen MR) is 152 cm³/mol. The van der Waals surface area contributed by atoms with Crippen molar-refractivity contribution in [2.75, 3.05) is 13.1 Å². The average Bonchev–Trinajstić information content (AvgIpc) is 2.93. The molecule has 1 aliphatic heterocycles. The molecule has 3 N–H and O–H groups in total. The maximum atomic E-state index is 14.1. The molecule has 3 rings (SSSR count). The van der Waals surface area contributed by atoms with Gasteiger partial charge in [-0.2, -0.15) is 0 Å². The molecular weight excluding hydrogens is 510 g/mol. The Morgan fingerprint density at radius 3 is 2.00 bits per heavy atom. The summed E-state index contributed by atoms with van der Waals surface area (Å²) < 4.78 is 5.53. The Bertz CT molecular complexity index is 1170. The number of carbonyl (C=O) groups excluding carboxylic acids is 3. The lowest BCUT2D eigenvalue weighted by molar-refractivity contribution is -0.143. The van der Waals surface area contributed by atoms with E-state index in [2.05, 4.69) is 10.6 Å². The number of piperidine rings is 1. The molecule has 0 unspecified atom stereocenters. The van der Waals surface area contributed by atoms with E-state index in [1.54, 1.807) is 35.2 Å². The van der Waals surface area contributed by atoms with Gasteiger partial charge < -0.3 is 25.4 Å². The van der Waals surface area contributed by atoms with Crippen LogP contribution >= 0.6 is 0 Å². The van der Waals surface area contributed by atoms with E-state index in [-0.39, 0.29) is 11.8 Å². The lowest BCUT2D eigenvalue weighted by Gasteiger charge is -2.42. The van der Waals surface area contributed by atoms with Gasteiger partial charge in [-0.25, -0.2) is 9.59 Å². The van der Waals surface area contributed by atoms with Crippen molar-refractivity contribution in [1.29, 1.82) is 0 Å². The number of nitrogens with zero attached hydrogens (tertiary/aromatic N) is 1. The minimum absolute atomic E-state index is 0.260. The summed E-state index contributed by atoms with van der Waals surface area (Å²) in [4.78, 5) is 54.0. The summed E-state index contributed by atoms with van der Waals surface area (Å²) in [5, 5.41) is 15.4. The molecule has 9 nitrogen and oxygen atoms in total. The zero-order chi connectivity index (χ0) is 29.5. The fourth-order valence-electron chi connectivity index (χ4n) is 4.95. The predicted octanol–water partition coefficient (Wildman–Crippen LogP) is 4.43. The maximum absolute atomic E-state index is 14.1. The number of benzene rings is 2. The first-order chi connectivity index (χ1) is 18.9. The van der Waals surface area contributed by atoms with Crippen molar-refractivity contribution in [2.24, 2.45) is 5.92 Å². The molecule has 216 valence electrons. The standard InChI is InChI=1S/C31H41N3O6/c1-6-21(2)24(26(35)32-25(27(36)37)22-13-9-7-10-14-22)33-28(38)31(23-15-11-8-12-16-23)17-19-34(20-18-31)29(39)40-30(3,4)5/h7-16,21,24-25H,6,17-20H2,1-5H3,(H,32,35)(H,33,38)(H,36,37)/t21-,24-,25+/m0/s1. The molecule has 0 saturated carbocycles. The molecule has 0 radical (unpaired) electrons. The van der Waals surface area contributed by atoms with Gasteiger partial charge in [0.25, 0.3) is 0 Å². The summed E-state index contributed by atoms with van der Waals surface area (Å²) in [5.74, 6) is -2.34. The van der Waals surface area contributed by atoms with E-state index in [1.807, 2.05) is 65.0 Å². The van der Waals surface area contributed by atoms with Crippen LogP contribution in [0.5, 0.6) is 0 Å². The lowest BCUT2D eigenvalue weighted by Crippen LogP contribution is -2.59. The lowest BCUT2D eigenvalue weighted by atomic mass is 9.71. The van der Waals surface area contributed by atoms with E-state index in [0.717, 1.165) is 5.56 Å². The number of rotatable bonds is 9. The molecule has 0 spiro atoms. The van der Waals surface area contributed by atoms with Crippen molar-refractivity contribution >= 4 is 23.9 Å². The van der Waals surface area contributed by atoms with Crippen LogP contribution in [-0.2, 0) is 24.5 Å². The third-order valence-electron chi connectivity index (χ3n) is 7.48. The zero-order valence-corrected chi connectivity index (χ0v) is 24.0. The second-order valence-corrected chi connectivity index (χ2v) is 11.4. The molecule has 0 aromatic heterocycles. The number of nitrogens with one attached hydrogen (secondary N) is 2. The van der Waals surface area contributed by atoms with Gasteiger partial charge in [-0.3, -0.25) is 9.59 Å². The summed E-state index contributed by atoms with van der Waals surface area (Å²) in [6.07, 6.45) is 0.857. The van der Waals surface area contributed by atoms with Gasteiger partial charge in [-0.05, 0) is 50.7 Å². The highest BCUT2D eigenvalue weighted by Gasteiger charge is 2.46. The molecule has 1 aliphatic rings. The number of hydrogen-bond donors (Lipinski definition) is 3. The number of amides is 3. The summed E-state index contributed by atoms with van der Waals surface area (Å²) in [6, 6.07) is 15.6. The van der Waals surface area contributed by atoms with Crippen molar-refractivity contribution in [1.82, 2.24) is 15.5 Å². The summed E-state index contributed by atoms with van der Waals surface area (Å²) >= 11 is 0. The number of carboxylic acid groups (broad SMARTS) is 1. The van der Waals surface area contributed by atoms with Crippen LogP contribution in [0.2, 0.25) is 0 Å². The Hall–Kier alpha value is -3.88. The molecule has 1 heterocycles. The Balaban J connectivity index is 1.85. The topological polar surface area (TPSA) is 125 Å². The Labute approximate surface area is 236 Å². The van der Waals surface area contributed by atoms with Crippen LogP contribution in [0.25, 0.3) is 0 Å². The highest BCUT2D eigenvalue weighted by Crippen LogP contribution is 2.37. The summed E-state index contributed by atoms with van der Waals surface area (Å²) in [5.41, 5.74) is -0.371. The van der Waals surface area contributed by atoms with Gasteiger partial charge in [0.05, 0.1) is 5.41 Å². The molecular formula is C31H41N3O6. The molecule has 9 heteroatoms. The number of aliphatic carboxylic acids is 1. The number of carbonyl (C=O) groups is 4. The van der Waals surface area contributed by atoms with Crippen LogP contribution in [0.1, 0.15) is 71.0 Å². The molecule has 0 aliphatic carbocycles. The van der Waals surface area contributed by atoms with Crippen LogP contribution in [-0.4, -0.2) is 58.6 Å². The van der Waals surface area contributed by atoms with Crippen molar-refractivity contribution in [3.05, 3.63) is 71.8 Å². The monoisotopic (exact) mass is 551 g/mol. The largest absolute Gasteiger partial charge is 0.479 e.